The normalized spacial score (nSPS) is 9.86. The number of benzene rings is 1. The molecule has 1 amide bonds. The summed E-state index contributed by atoms with van der Waals surface area (Å²) in [6, 6.07) is 4.98. The average molecular weight is 250 g/mol. The van der Waals surface area contributed by atoms with Crippen molar-refractivity contribution >= 4 is 40.9 Å². The molecule has 0 heterocycles. The smallest absolute Gasteiger partial charge is 0.268 e. The Hall–Kier alpha value is -0.580. The summed E-state index contributed by atoms with van der Waals surface area (Å²) in [6.07, 6.45) is 0. The molecule has 0 N–H and O–H groups in total. The number of nitroso groups, excluding NO2 is 1. The minimum absolute atomic E-state index is 0.0153. The SMILES string of the molecule is O=NC(=O)CSc1ccc(Cl)c(Cl)c1. The summed E-state index contributed by atoms with van der Waals surface area (Å²) >= 11 is 12.6. The third-order valence-electron chi connectivity index (χ3n) is 1.36. The van der Waals surface area contributed by atoms with Crippen molar-refractivity contribution in [2.24, 2.45) is 5.18 Å². The van der Waals surface area contributed by atoms with Gasteiger partial charge in [0, 0.05) is 10.1 Å². The van der Waals surface area contributed by atoms with Gasteiger partial charge in [-0.15, -0.1) is 16.7 Å². The molecular formula is C8H5Cl2NO2S. The van der Waals surface area contributed by atoms with Crippen LogP contribution in [0.1, 0.15) is 0 Å². The Bertz CT molecular complexity index is 370. The molecule has 6 heteroatoms. The molecule has 1 aromatic carbocycles. The number of nitrogens with zero attached hydrogens (tertiary/aromatic N) is 1. The van der Waals surface area contributed by atoms with Gasteiger partial charge in [-0.2, -0.15) is 0 Å². The lowest BCUT2D eigenvalue weighted by molar-refractivity contribution is -0.115. The summed E-state index contributed by atoms with van der Waals surface area (Å²) < 4.78 is 0. The zero-order valence-corrected chi connectivity index (χ0v) is 9.20. The van der Waals surface area contributed by atoms with E-state index in [-0.39, 0.29) is 5.75 Å². The number of hydrogen-bond donors (Lipinski definition) is 0. The third kappa shape index (κ3) is 3.29. The van der Waals surface area contributed by atoms with Gasteiger partial charge in [0.1, 0.15) is 0 Å². The Balaban J connectivity index is 2.64. The van der Waals surface area contributed by atoms with Gasteiger partial charge in [0.2, 0.25) is 0 Å². The quantitative estimate of drug-likeness (QED) is 0.610. The van der Waals surface area contributed by atoms with Gasteiger partial charge in [-0.05, 0) is 18.2 Å². The Morgan fingerprint density at radius 2 is 2.07 bits per heavy atom. The first-order valence-corrected chi connectivity index (χ1v) is 5.31. The van der Waals surface area contributed by atoms with E-state index in [4.69, 9.17) is 23.2 Å². The molecule has 0 atom stereocenters. The van der Waals surface area contributed by atoms with E-state index < -0.39 is 5.91 Å². The number of rotatable bonds is 3. The lowest BCUT2D eigenvalue weighted by atomic mass is 10.4. The molecule has 1 rings (SSSR count). The Labute approximate surface area is 94.7 Å². The van der Waals surface area contributed by atoms with Crippen molar-refractivity contribution in [3.05, 3.63) is 33.2 Å². The molecule has 0 aliphatic heterocycles. The zero-order chi connectivity index (χ0) is 10.6. The maximum Gasteiger partial charge on any atom is 0.296 e. The number of thioether (sulfide) groups is 1. The maximum atomic E-state index is 10.6. The van der Waals surface area contributed by atoms with Crippen molar-refractivity contribution in [2.45, 2.75) is 4.90 Å². The lowest BCUT2D eigenvalue weighted by Crippen LogP contribution is -1.94. The van der Waals surface area contributed by atoms with E-state index in [0.717, 1.165) is 4.90 Å². The van der Waals surface area contributed by atoms with Gasteiger partial charge in [0.15, 0.2) is 0 Å². The highest BCUT2D eigenvalue weighted by Gasteiger charge is 2.04. The van der Waals surface area contributed by atoms with E-state index in [1.807, 2.05) is 0 Å². The van der Waals surface area contributed by atoms with E-state index in [2.05, 4.69) is 5.18 Å². The van der Waals surface area contributed by atoms with E-state index in [9.17, 15) is 9.70 Å². The summed E-state index contributed by atoms with van der Waals surface area (Å²) in [5.41, 5.74) is 0. The van der Waals surface area contributed by atoms with Gasteiger partial charge in [-0.1, -0.05) is 23.2 Å². The van der Waals surface area contributed by atoms with E-state index in [0.29, 0.717) is 10.0 Å². The fraction of sp³-hybridized carbons (Fsp3) is 0.125. The van der Waals surface area contributed by atoms with Crippen molar-refractivity contribution in [3.63, 3.8) is 0 Å². The predicted octanol–water partition coefficient (Wildman–Crippen LogP) is 3.38. The van der Waals surface area contributed by atoms with Crippen LogP contribution in [0.5, 0.6) is 0 Å². The monoisotopic (exact) mass is 249 g/mol. The molecule has 0 radical (unpaired) electrons. The Kier molecular flexibility index (Phi) is 4.38. The Morgan fingerprint density at radius 1 is 1.36 bits per heavy atom. The molecule has 0 fully saturated rings. The summed E-state index contributed by atoms with van der Waals surface area (Å²) in [5.74, 6) is -0.678. The van der Waals surface area contributed by atoms with Crippen LogP contribution in [0.25, 0.3) is 0 Å². The molecule has 0 saturated carbocycles. The van der Waals surface area contributed by atoms with Crippen LogP contribution in [-0.4, -0.2) is 11.7 Å². The minimum Gasteiger partial charge on any atom is -0.268 e. The molecule has 0 aliphatic carbocycles. The summed E-state index contributed by atoms with van der Waals surface area (Å²) in [4.78, 5) is 21.1. The molecule has 14 heavy (non-hydrogen) atoms. The van der Waals surface area contributed by atoms with Gasteiger partial charge in [0.05, 0.1) is 15.8 Å². The van der Waals surface area contributed by atoms with E-state index >= 15 is 0 Å². The second kappa shape index (κ2) is 5.34. The largest absolute Gasteiger partial charge is 0.296 e. The fourth-order valence-electron chi connectivity index (χ4n) is 0.738. The van der Waals surface area contributed by atoms with Gasteiger partial charge in [-0.3, -0.25) is 4.79 Å². The third-order valence-corrected chi connectivity index (χ3v) is 3.07. The maximum absolute atomic E-state index is 10.6. The lowest BCUT2D eigenvalue weighted by Gasteiger charge is -2.00. The van der Waals surface area contributed by atoms with Crippen molar-refractivity contribution in [3.8, 4) is 0 Å². The van der Waals surface area contributed by atoms with Crippen molar-refractivity contribution in [2.75, 3.05) is 5.75 Å². The molecule has 0 aliphatic rings. The molecule has 3 nitrogen and oxygen atoms in total. The summed E-state index contributed by atoms with van der Waals surface area (Å²) in [7, 11) is 0. The average Bonchev–Trinajstić information content (AvgIpc) is 2.19. The highest BCUT2D eigenvalue weighted by atomic mass is 35.5. The van der Waals surface area contributed by atoms with Gasteiger partial charge >= 0.3 is 0 Å². The highest BCUT2D eigenvalue weighted by molar-refractivity contribution is 8.00. The van der Waals surface area contributed by atoms with Crippen LogP contribution in [0.3, 0.4) is 0 Å². The van der Waals surface area contributed by atoms with Gasteiger partial charge in [0.25, 0.3) is 5.91 Å². The van der Waals surface area contributed by atoms with Gasteiger partial charge < -0.3 is 0 Å². The van der Waals surface area contributed by atoms with Crippen LogP contribution in [0.2, 0.25) is 10.0 Å². The first-order valence-electron chi connectivity index (χ1n) is 3.57. The molecule has 0 unspecified atom stereocenters. The number of carbonyl (C=O) groups is 1. The topological polar surface area (TPSA) is 46.5 Å². The minimum atomic E-state index is -0.693. The van der Waals surface area contributed by atoms with Crippen LogP contribution in [0, 0.1) is 4.91 Å². The van der Waals surface area contributed by atoms with Crippen molar-refractivity contribution in [1.82, 2.24) is 0 Å². The molecule has 0 aromatic heterocycles. The second-order valence-corrected chi connectivity index (χ2v) is 4.21. The predicted molar refractivity (Wildman–Crippen MR) is 58.0 cm³/mol. The van der Waals surface area contributed by atoms with Crippen molar-refractivity contribution < 1.29 is 4.79 Å². The number of carbonyl (C=O) groups excluding carboxylic acids is 1. The second-order valence-electron chi connectivity index (χ2n) is 2.35. The van der Waals surface area contributed by atoms with Crippen LogP contribution in [0.4, 0.5) is 0 Å². The summed E-state index contributed by atoms with van der Waals surface area (Å²) in [6.45, 7) is 0. The number of halogens is 2. The van der Waals surface area contributed by atoms with E-state index in [1.54, 1.807) is 18.2 Å². The van der Waals surface area contributed by atoms with Crippen LogP contribution < -0.4 is 0 Å². The molecule has 0 bridgehead atoms. The van der Waals surface area contributed by atoms with Gasteiger partial charge in [-0.25, -0.2) is 0 Å². The van der Waals surface area contributed by atoms with Crippen LogP contribution in [-0.2, 0) is 4.79 Å². The first-order chi connectivity index (χ1) is 6.63. The zero-order valence-electron chi connectivity index (χ0n) is 6.87. The molecular weight excluding hydrogens is 245 g/mol. The number of hydrogen-bond acceptors (Lipinski definition) is 3. The van der Waals surface area contributed by atoms with Crippen LogP contribution in [0.15, 0.2) is 28.3 Å². The first kappa shape index (κ1) is 11.5. The van der Waals surface area contributed by atoms with E-state index in [1.165, 1.54) is 11.8 Å². The molecule has 1 aromatic rings. The molecule has 0 saturated heterocycles. The fourth-order valence-corrected chi connectivity index (χ4v) is 1.81. The Morgan fingerprint density at radius 3 is 2.64 bits per heavy atom. The standard InChI is InChI=1S/C8H5Cl2NO2S/c9-6-2-1-5(3-7(6)10)14-4-8(12)11-13/h1-3H,4H2. The highest BCUT2D eigenvalue weighted by Crippen LogP contribution is 2.27. The van der Waals surface area contributed by atoms with Crippen molar-refractivity contribution in [1.29, 1.82) is 0 Å². The molecule has 74 valence electrons. The number of amides is 1. The van der Waals surface area contributed by atoms with Crippen LogP contribution >= 0.6 is 35.0 Å². The summed E-state index contributed by atoms with van der Waals surface area (Å²) in [5, 5.41) is 3.15. The molecule has 0 spiro atoms.